The Kier molecular flexibility index (Phi) is 2.32. The molecular weight excluding hydrogens is 250 g/mol. The average Bonchev–Trinajstić information content (AvgIpc) is 3.05. The maximum atomic E-state index is 11.9. The summed E-state index contributed by atoms with van der Waals surface area (Å²) in [5.74, 6) is 0.875. The number of carbonyl (C=O) groups excluding carboxylic acids is 1. The lowest BCUT2D eigenvalue weighted by Gasteiger charge is -2.19. The number of amides is 1. The highest BCUT2D eigenvalue weighted by molar-refractivity contribution is 7.90. The van der Waals surface area contributed by atoms with Crippen LogP contribution < -0.4 is 4.90 Å². The topological polar surface area (TPSA) is 54.5 Å². The average molecular weight is 265 g/mol. The molecule has 0 saturated heterocycles. The number of hydrogen-bond donors (Lipinski definition) is 0. The molecule has 1 aliphatic carbocycles. The SMILES string of the molecule is CN1C(=O)CC2CC2c2cc(S(C)(=O)=O)ccc21. The molecule has 1 aromatic carbocycles. The van der Waals surface area contributed by atoms with Crippen molar-refractivity contribution < 1.29 is 13.2 Å². The fraction of sp³-hybridized carbons (Fsp3) is 0.462. The highest BCUT2D eigenvalue weighted by Gasteiger charge is 2.44. The van der Waals surface area contributed by atoms with Gasteiger partial charge in [0.2, 0.25) is 5.91 Å². The van der Waals surface area contributed by atoms with Crippen molar-refractivity contribution in [1.29, 1.82) is 0 Å². The number of anilines is 1. The van der Waals surface area contributed by atoms with Crippen molar-refractivity contribution in [3.8, 4) is 0 Å². The van der Waals surface area contributed by atoms with Crippen LogP contribution in [0.25, 0.3) is 0 Å². The largest absolute Gasteiger partial charge is 0.315 e. The summed E-state index contributed by atoms with van der Waals surface area (Å²) in [7, 11) is -1.43. The van der Waals surface area contributed by atoms with E-state index in [1.165, 1.54) is 6.26 Å². The van der Waals surface area contributed by atoms with Crippen molar-refractivity contribution in [2.24, 2.45) is 5.92 Å². The molecule has 2 atom stereocenters. The summed E-state index contributed by atoms with van der Waals surface area (Å²) < 4.78 is 23.2. The van der Waals surface area contributed by atoms with Crippen LogP contribution in [0.1, 0.15) is 24.3 Å². The number of benzene rings is 1. The second-order valence-corrected chi connectivity index (χ2v) is 7.27. The zero-order valence-electron chi connectivity index (χ0n) is 10.4. The van der Waals surface area contributed by atoms with E-state index in [9.17, 15) is 13.2 Å². The zero-order valence-corrected chi connectivity index (χ0v) is 11.2. The van der Waals surface area contributed by atoms with Gasteiger partial charge in [0, 0.05) is 25.4 Å². The predicted molar refractivity (Wildman–Crippen MR) is 68.4 cm³/mol. The fourth-order valence-corrected chi connectivity index (χ4v) is 3.37. The molecule has 0 spiro atoms. The number of carbonyl (C=O) groups is 1. The molecule has 0 radical (unpaired) electrons. The van der Waals surface area contributed by atoms with Crippen molar-refractivity contribution in [3.05, 3.63) is 23.8 Å². The molecule has 2 aliphatic rings. The van der Waals surface area contributed by atoms with Crippen LogP contribution in [0.5, 0.6) is 0 Å². The van der Waals surface area contributed by atoms with Crippen molar-refractivity contribution in [2.45, 2.75) is 23.7 Å². The Labute approximate surface area is 107 Å². The molecule has 1 aliphatic heterocycles. The van der Waals surface area contributed by atoms with Gasteiger partial charge in [0.05, 0.1) is 4.90 Å². The minimum Gasteiger partial charge on any atom is -0.315 e. The molecular formula is C13H15NO3S. The van der Waals surface area contributed by atoms with E-state index in [0.717, 1.165) is 17.7 Å². The quantitative estimate of drug-likeness (QED) is 0.774. The highest BCUT2D eigenvalue weighted by Crippen LogP contribution is 2.54. The van der Waals surface area contributed by atoms with Crippen molar-refractivity contribution in [1.82, 2.24) is 0 Å². The van der Waals surface area contributed by atoms with Crippen LogP contribution in [-0.4, -0.2) is 27.6 Å². The highest BCUT2D eigenvalue weighted by atomic mass is 32.2. The van der Waals surface area contributed by atoms with E-state index in [-0.39, 0.29) is 5.91 Å². The van der Waals surface area contributed by atoms with E-state index in [2.05, 4.69) is 0 Å². The summed E-state index contributed by atoms with van der Waals surface area (Å²) in [6, 6.07) is 5.08. The minimum absolute atomic E-state index is 0.119. The van der Waals surface area contributed by atoms with Crippen LogP contribution in [0.3, 0.4) is 0 Å². The van der Waals surface area contributed by atoms with Crippen LogP contribution in [0.4, 0.5) is 5.69 Å². The molecule has 3 rings (SSSR count). The molecule has 1 saturated carbocycles. The Hall–Kier alpha value is -1.36. The first-order valence-corrected chi connectivity index (χ1v) is 7.87. The first-order chi connectivity index (χ1) is 8.38. The Bertz CT molecular complexity index is 636. The summed E-state index contributed by atoms with van der Waals surface area (Å²) in [4.78, 5) is 13.9. The van der Waals surface area contributed by atoms with Gasteiger partial charge in [-0.2, -0.15) is 0 Å². The number of sulfone groups is 1. The molecule has 1 aromatic rings. The summed E-state index contributed by atoms with van der Waals surface area (Å²) in [6.07, 6.45) is 2.79. The molecule has 1 amide bonds. The van der Waals surface area contributed by atoms with E-state index in [1.54, 1.807) is 30.1 Å². The predicted octanol–water partition coefficient (Wildman–Crippen LogP) is 1.56. The maximum absolute atomic E-state index is 11.9. The molecule has 1 heterocycles. The second kappa shape index (κ2) is 3.57. The summed E-state index contributed by atoms with van der Waals surface area (Å²) in [5, 5.41) is 0. The lowest BCUT2D eigenvalue weighted by molar-refractivity contribution is -0.118. The van der Waals surface area contributed by atoms with Gasteiger partial charge < -0.3 is 4.90 Å². The number of rotatable bonds is 1. The second-order valence-electron chi connectivity index (χ2n) is 5.25. The van der Waals surface area contributed by atoms with Crippen molar-refractivity contribution in [3.63, 3.8) is 0 Å². The van der Waals surface area contributed by atoms with Gasteiger partial charge in [0.15, 0.2) is 9.84 Å². The standard InChI is InChI=1S/C13H15NO3S/c1-14-12-4-3-9(18(2,16)17)7-11(12)10-5-8(10)6-13(14)15/h3-4,7-8,10H,5-6H2,1-2H3. The first kappa shape index (κ1) is 11.7. The van der Waals surface area contributed by atoms with Gasteiger partial charge in [-0.3, -0.25) is 4.79 Å². The van der Waals surface area contributed by atoms with Crippen molar-refractivity contribution >= 4 is 21.4 Å². The van der Waals surface area contributed by atoms with Crippen LogP contribution >= 0.6 is 0 Å². The normalized spacial score (nSPS) is 26.3. The van der Waals surface area contributed by atoms with Crippen LogP contribution in [-0.2, 0) is 14.6 Å². The van der Waals surface area contributed by atoms with Crippen molar-refractivity contribution in [2.75, 3.05) is 18.2 Å². The fourth-order valence-electron chi connectivity index (χ4n) is 2.72. The monoisotopic (exact) mass is 265 g/mol. The Morgan fingerprint density at radius 1 is 1.33 bits per heavy atom. The third kappa shape index (κ3) is 1.73. The molecule has 2 unspecified atom stereocenters. The smallest absolute Gasteiger partial charge is 0.227 e. The number of fused-ring (bicyclic) bond motifs is 3. The summed E-state index contributed by atoms with van der Waals surface area (Å²) >= 11 is 0. The molecule has 96 valence electrons. The maximum Gasteiger partial charge on any atom is 0.227 e. The Morgan fingerprint density at radius 3 is 2.72 bits per heavy atom. The number of hydrogen-bond acceptors (Lipinski definition) is 3. The minimum atomic E-state index is -3.19. The van der Waals surface area contributed by atoms with Gasteiger partial charge in [-0.05, 0) is 42.0 Å². The van der Waals surface area contributed by atoms with Gasteiger partial charge in [-0.15, -0.1) is 0 Å². The van der Waals surface area contributed by atoms with Crippen LogP contribution in [0.2, 0.25) is 0 Å². The Balaban J connectivity index is 2.16. The molecule has 0 N–H and O–H groups in total. The molecule has 1 fully saturated rings. The first-order valence-electron chi connectivity index (χ1n) is 5.98. The van der Waals surface area contributed by atoms with E-state index in [0.29, 0.717) is 23.2 Å². The molecule has 4 nitrogen and oxygen atoms in total. The molecule has 5 heteroatoms. The van der Waals surface area contributed by atoms with E-state index in [4.69, 9.17) is 0 Å². The lowest BCUT2D eigenvalue weighted by Crippen LogP contribution is -2.26. The Morgan fingerprint density at radius 2 is 2.06 bits per heavy atom. The van der Waals surface area contributed by atoms with Gasteiger partial charge in [0.25, 0.3) is 0 Å². The summed E-state index contributed by atoms with van der Waals surface area (Å²) in [6.45, 7) is 0. The third-order valence-corrected chi connectivity index (χ3v) is 5.03. The number of nitrogens with zero attached hydrogens (tertiary/aromatic N) is 1. The zero-order chi connectivity index (χ0) is 13.1. The third-order valence-electron chi connectivity index (χ3n) is 3.92. The molecule has 0 bridgehead atoms. The van der Waals surface area contributed by atoms with Gasteiger partial charge in [-0.25, -0.2) is 8.42 Å². The van der Waals surface area contributed by atoms with Gasteiger partial charge in [-0.1, -0.05) is 0 Å². The van der Waals surface area contributed by atoms with Gasteiger partial charge >= 0.3 is 0 Å². The van der Waals surface area contributed by atoms with Crippen LogP contribution in [0.15, 0.2) is 23.1 Å². The molecule has 0 aromatic heterocycles. The van der Waals surface area contributed by atoms with E-state index >= 15 is 0 Å². The molecule has 18 heavy (non-hydrogen) atoms. The van der Waals surface area contributed by atoms with E-state index < -0.39 is 9.84 Å². The van der Waals surface area contributed by atoms with E-state index in [1.807, 2.05) is 0 Å². The van der Waals surface area contributed by atoms with Crippen LogP contribution in [0, 0.1) is 5.92 Å². The lowest BCUT2D eigenvalue weighted by atomic mass is 10.1. The van der Waals surface area contributed by atoms with Gasteiger partial charge in [0.1, 0.15) is 0 Å². The summed E-state index contributed by atoms with van der Waals surface area (Å²) in [5.41, 5.74) is 1.87.